The SMILES string of the molecule is CC(C)(C)OC(=O)N[C@@](C)(Cc1ccc(O)c(O)c1)C(=O)ONC1CCCCC1. The topological polar surface area (TPSA) is 117 Å². The van der Waals surface area contributed by atoms with Gasteiger partial charge in [0.1, 0.15) is 11.1 Å². The Balaban J connectivity index is 2.14. The molecule has 0 aliphatic heterocycles. The number of ether oxygens (including phenoxy) is 1. The van der Waals surface area contributed by atoms with Crippen molar-refractivity contribution in [2.45, 2.75) is 83.4 Å². The fraction of sp³-hybridized carbons (Fsp3) is 0.619. The Hall–Kier alpha value is -2.48. The molecule has 8 heteroatoms. The second-order valence-electron chi connectivity index (χ2n) is 8.80. The molecule has 0 spiro atoms. The molecular weight excluding hydrogens is 376 g/mol. The average molecular weight is 408 g/mol. The van der Waals surface area contributed by atoms with Crippen molar-refractivity contribution in [1.82, 2.24) is 10.8 Å². The zero-order valence-corrected chi connectivity index (χ0v) is 17.6. The van der Waals surface area contributed by atoms with Gasteiger partial charge in [-0.25, -0.2) is 9.59 Å². The summed E-state index contributed by atoms with van der Waals surface area (Å²) in [6, 6.07) is 4.32. The van der Waals surface area contributed by atoms with Gasteiger partial charge in [0.15, 0.2) is 11.5 Å². The summed E-state index contributed by atoms with van der Waals surface area (Å²) in [5.74, 6) is -1.24. The Kier molecular flexibility index (Phi) is 7.35. The molecule has 1 aliphatic rings. The van der Waals surface area contributed by atoms with E-state index in [9.17, 15) is 19.8 Å². The summed E-state index contributed by atoms with van der Waals surface area (Å²) in [6.45, 7) is 6.71. The lowest BCUT2D eigenvalue weighted by atomic mass is 9.92. The van der Waals surface area contributed by atoms with Gasteiger partial charge in [0.05, 0.1) is 0 Å². The zero-order valence-electron chi connectivity index (χ0n) is 17.6. The van der Waals surface area contributed by atoms with E-state index in [1.165, 1.54) is 25.5 Å². The third-order valence-corrected chi connectivity index (χ3v) is 4.75. The van der Waals surface area contributed by atoms with Crippen molar-refractivity contribution in [2.75, 3.05) is 0 Å². The standard InChI is InChI=1S/C21H32N2O6/c1-20(2,3)28-19(27)22-21(4,13-14-10-11-16(24)17(25)12-14)18(26)29-23-15-8-6-5-7-9-15/h10-12,15,23-25H,5-9,13H2,1-4H3,(H,22,27)/t21-/m0/s1. The van der Waals surface area contributed by atoms with E-state index in [-0.39, 0.29) is 24.0 Å². The lowest BCUT2D eigenvalue weighted by Gasteiger charge is -2.31. The molecule has 8 nitrogen and oxygen atoms in total. The number of carbonyl (C=O) groups is 2. The Bertz CT molecular complexity index is 724. The van der Waals surface area contributed by atoms with Crippen LogP contribution in [-0.4, -0.2) is 39.5 Å². The molecule has 1 saturated carbocycles. The summed E-state index contributed by atoms with van der Waals surface area (Å²) in [6.07, 6.45) is 4.47. The fourth-order valence-corrected chi connectivity index (χ4v) is 3.25. The first-order valence-electron chi connectivity index (χ1n) is 9.97. The van der Waals surface area contributed by atoms with E-state index in [0.29, 0.717) is 5.56 Å². The van der Waals surface area contributed by atoms with Gasteiger partial charge in [-0.2, -0.15) is 0 Å². The highest BCUT2D eigenvalue weighted by Gasteiger charge is 2.39. The predicted molar refractivity (Wildman–Crippen MR) is 107 cm³/mol. The number of benzene rings is 1. The first-order valence-corrected chi connectivity index (χ1v) is 9.97. The van der Waals surface area contributed by atoms with Crippen LogP contribution in [0.25, 0.3) is 0 Å². The lowest BCUT2D eigenvalue weighted by Crippen LogP contribution is -2.57. The molecule has 0 radical (unpaired) electrons. The van der Waals surface area contributed by atoms with Crippen molar-refractivity contribution < 1.29 is 29.4 Å². The van der Waals surface area contributed by atoms with E-state index >= 15 is 0 Å². The second kappa shape index (κ2) is 9.35. The zero-order chi connectivity index (χ0) is 21.7. The first kappa shape index (κ1) is 22.8. The Labute approximate surface area is 171 Å². The molecule has 0 unspecified atom stereocenters. The van der Waals surface area contributed by atoms with Crippen LogP contribution in [0.5, 0.6) is 11.5 Å². The van der Waals surface area contributed by atoms with Crippen molar-refractivity contribution in [3.63, 3.8) is 0 Å². The van der Waals surface area contributed by atoms with Gasteiger partial charge in [0.25, 0.3) is 0 Å². The van der Waals surface area contributed by atoms with Crippen LogP contribution in [0, 0.1) is 0 Å². The van der Waals surface area contributed by atoms with Gasteiger partial charge < -0.3 is 25.1 Å². The number of alkyl carbamates (subject to hydrolysis) is 1. The summed E-state index contributed by atoms with van der Waals surface area (Å²) in [5, 5.41) is 21.9. The summed E-state index contributed by atoms with van der Waals surface area (Å²) in [4.78, 5) is 30.6. The quantitative estimate of drug-likeness (QED) is 0.421. The maximum Gasteiger partial charge on any atom is 0.408 e. The van der Waals surface area contributed by atoms with Gasteiger partial charge in [-0.15, -0.1) is 5.48 Å². The van der Waals surface area contributed by atoms with E-state index in [1.54, 1.807) is 26.8 Å². The fourth-order valence-electron chi connectivity index (χ4n) is 3.25. The third kappa shape index (κ3) is 7.12. The van der Waals surface area contributed by atoms with Crippen molar-refractivity contribution >= 4 is 12.1 Å². The van der Waals surface area contributed by atoms with Gasteiger partial charge >= 0.3 is 12.1 Å². The van der Waals surface area contributed by atoms with Crippen LogP contribution in [0.15, 0.2) is 18.2 Å². The van der Waals surface area contributed by atoms with Crippen LogP contribution >= 0.6 is 0 Å². The molecule has 1 atom stereocenters. The first-order chi connectivity index (χ1) is 13.5. The number of hydroxylamine groups is 1. The number of aromatic hydroxyl groups is 2. The van der Waals surface area contributed by atoms with Crippen LogP contribution in [0.2, 0.25) is 0 Å². The molecule has 1 fully saturated rings. The molecule has 1 aromatic rings. The Morgan fingerprint density at radius 3 is 2.31 bits per heavy atom. The Morgan fingerprint density at radius 1 is 1.07 bits per heavy atom. The number of nitrogens with one attached hydrogen (secondary N) is 2. The highest BCUT2D eigenvalue weighted by atomic mass is 16.7. The van der Waals surface area contributed by atoms with Crippen LogP contribution in [-0.2, 0) is 20.8 Å². The van der Waals surface area contributed by atoms with Crippen molar-refractivity contribution in [3.8, 4) is 11.5 Å². The summed E-state index contributed by atoms with van der Waals surface area (Å²) >= 11 is 0. The van der Waals surface area contributed by atoms with Crippen LogP contribution in [0.4, 0.5) is 4.79 Å². The predicted octanol–water partition coefficient (Wildman–Crippen LogP) is 3.30. The van der Waals surface area contributed by atoms with Gasteiger partial charge in [-0.1, -0.05) is 25.3 Å². The van der Waals surface area contributed by atoms with Gasteiger partial charge in [0.2, 0.25) is 0 Å². The molecular formula is C21H32N2O6. The van der Waals surface area contributed by atoms with Gasteiger partial charge in [0, 0.05) is 12.5 Å². The molecule has 0 saturated heterocycles. The number of carbonyl (C=O) groups excluding carboxylic acids is 2. The highest BCUT2D eigenvalue weighted by molar-refractivity contribution is 5.85. The molecule has 4 N–H and O–H groups in total. The summed E-state index contributed by atoms with van der Waals surface area (Å²) in [7, 11) is 0. The molecule has 1 aromatic carbocycles. The normalized spacial score (nSPS) is 17.2. The number of hydrogen-bond donors (Lipinski definition) is 4. The summed E-state index contributed by atoms with van der Waals surface area (Å²) in [5.41, 5.74) is 1.18. The molecule has 1 amide bonds. The van der Waals surface area contributed by atoms with Crippen molar-refractivity contribution in [1.29, 1.82) is 0 Å². The minimum Gasteiger partial charge on any atom is -0.504 e. The van der Waals surface area contributed by atoms with E-state index in [0.717, 1.165) is 25.7 Å². The number of amides is 1. The van der Waals surface area contributed by atoms with Crippen LogP contribution in [0.1, 0.15) is 65.4 Å². The monoisotopic (exact) mass is 408 g/mol. The number of rotatable bonds is 6. The van der Waals surface area contributed by atoms with Gasteiger partial charge in [-0.05, 0) is 58.2 Å². The lowest BCUT2D eigenvalue weighted by molar-refractivity contribution is -0.161. The highest BCUT2D eigenvalue weighted by Crippen LogP contribution is 2.27. The molecule has 29 heavy (non-hydrogen) atoms. The Morgan fingerprint density at radius 2 is 1.72 bits per heavy atom. The molecule has 0 heterocycles. The molecule has 2 rings (SSSR count). The second-order valence-corrected chi connectivity index (χ2v) is 8.80. The average Bonchev–Trinajstić information content (AvgIpc) is 2.62. The maximum atomic E-state index is 12.9. The van der Waals surface area contributed by atoms with Crippen molar-refractivity contribution in [2.24, 2.45) is 0 Å². The number of phenolic OH excluding ortho intramolecular Hbond substituents is 2. The molecule has 1 aliphatic carbocycles. The molecule has 0 bridgehead atoms. The van der Waals surface area contributed by atoms with E-state index in [4.69, 9.17) is 9.57 Å². The van der Waals surface area contributed by atoms with Gasteiger partial charge in [-0.3, -0.25) is 0 Å². The molecule has 162 valence electrons. The minimum atomic E-state index is -1.45. The van der Waals surface area contributed by atoms with E-state index in [1.807, 2.05) is 0 Å². The summed E-state index contributed by atoms with van der Waals surface area (Å²) < 4.78 is 5.29. The maximum absolute atomic E-state index is 12.9. The minimum absolute atomic E-state index is 0.0330. The number of hydrogen-bond acceptors (Lipinski definition) is 7. The largest absolute Gasteiger partial charge is 0.504 e. The number of phenols is 2. The van der Waals surface area contributed by atoms with E-state index in [2.05, 4.69) is 10.8 Å². The van der Waals surface area contributed by atoms with Crippen molar-refractivity contribution in [3.05, 3.63) is 23.8 Å². The third-order valence-electron chi connectivity index (χ3n) is 4.75. The van der Waals surface area contributed by atoms with E-state index < -0.39 is 23.2 Å². The van der Waals surface area contributed by atoms with Crippen LogP contribution in [0.3, 0.4) is 0 Å². The smallest absolute Gasteiger partial charge is 0.408 e. The molecule has 0 aromatic heterocycles. The van der Waals surface area contributed by atoms with Crippen LogP contribution < -0.4 is 10.8 Å².